The number of methoxy groups -OCH3 is 1. The standard InChI is InChI=1S/C25H22ClN3O4/c1-15-22(24(30)28-18-8-12-19(32-2)13-9-18)23(29-25(31)27-15)16-4-3-5-21(14-16)33-20-10-6-17(26)7-11-20/h3-14,23H,1-2H3,(H,28,30)(H2,27,29,31)/t23-/m1/s1. The van der Waals surface area contributed by atoms with Crippen LogP contribution in [-0.2, 0) is 4.79 Å². The molecule has 0 aliphatic carbocycles. The van der Waals surface area contributed by atoms with E-state index in [0.29, 0.717) is 44.8 Å². The molecule has 3 aromatic carbocycles. The highest BCUT2D eigenvalue weighted by atomic mass is 35.5. The third-order valence-corrected chi connectivity index (χ3v) is 5.35. The summed E-state index contributed by atoms with van der Waals surface area (Å²) in [6.45, 7) is 1.70. The van der Waals surface area contributed by atoms with Gasteiger partial charge in [0.25, 0.3) is 5.91 Å². The summed E-state index contributed by atoms with van der Waals surface area (Å²) in [6.07, 6.45) is 0. The highest BCUT2D eigenvalue weighted by Gasteiger charge is 2.31. The molecule has 0 saturated heterocycles. The summed E-state index contributed by atoms with van der Waals surface area (Å²) in [6, 6.07) is 20.2. The molecule has 0 spiro atoms. The van der Waals surface area contributed by atoms with Crippen LogP contribution in [-0.4, -0.2) is 19.0 Å². The fourth-order valence-electron chi connectivity index (χ4n) is 3.51. The van der Waals surface area contributed by atoms with E-state index >= 15 is 0 Å². The fraction of sp³-hybridized carbons (Fsp3) is 0.120. The lowest BCUT2D eigenvalue weighted by Crippen LogP contribution is -2.45. The zero-order valence-corrected chi connectivity index (χ0v) is 18.8. The van der Waals surface area contributed by atoms with Crippen LogP contribution in [0.1, 0.15) is 18.5 Å². The van der Waals surface area contributed by atoms with Crippen LogP contribution in [0.2, 0.25) is 5.02 Å². The summed E-state index contributed by atoms with van der Waals surface area (Å²) in [5.74, 6) is 1.54. The first-order valence-corrected chi connectivity index (χ1v) is 10.6. The number of carbonyl (C=O) groups is 2. The summed E-state index contributed by atoms with van der Waals surface area (Å²) < 4.78 is 11.1. The van der Waals surface area contributed by atoms with Crippen molar-refractivity contribution in [1.82, 2.24) is 10.6 Å². The molecule has 3 aromatic rings. The van der Waals surface area contributed by atoms with Crippen molar-refractivity contribution in [1.29, 1.82) is 0 Å². The molecule has 1 atom stereocenters. The van der Waals surface area contributed by atoms with Gasteiger partial charge in [0, 0.05) is 16.4 Å². The van der Waals surface area contributed by atoms with E-state index in [1.165, 1.54) is 0 Å². The number of allylic oxidation sites excluding steroid dienone is 1. The molecular weight excluding hydrogens is 442 g/mol. The Kier molecular flexibility index (Phi) is 6.51. The molecule has 0 fully saturated rings. The van der Waals surface area contributed by atoms with Crippen LogP contribution >= 0.6 is 11.6 Å². The molecule has 0 bridgehead atoms. The molecule has 3 amide bonds. The van der Waals surface area contributed by atoms with Crippen LogP contribution in [0.15, 0.2) is 84.1 Å². The van der Waals surface area contributed by atoms with Gasteiger partial charge in [0.2, 0.25) is 0 Å². The predicted molar refractivity (Wildman–Crippen MR) is 127 cm³/mol. The maximum atomic E-state index is 13.2. The molecule has 0 radical (unpaired) electrons. The van der Waals surface area contributed by atoms with E-state index in [0.717, 1.165) is 0 Å². The molecule has 7 nitrogen and oxygen atoms in total. The van der Waals surface area contributed by atoms with Gasteiger partial charge in [0.15, 0.2) is 0 Å². The van der Waals surface area contributed by atoms with E-state index in [9.17, 15) is 9.59 Å². The average Bonchev–Trinajstić information content (AvgIpc) is 2.80. The van der Waals surface area contributed by atoms with Gasteiger partial charge in [0.05, 0.1) is 18.7 Å². The minimum Gasteiger partial charge on any atom is -0.497 e. The van der Waals surface area contributed by atoms with Crippen molar-refractivity contribution in [2.75, 3.05) is 12.4 Å². The zero-order chi connectivity index (χ0) is 23.4. The van der Waals surface area contributed by atoms with E-state index in [1.807, 2.05) is 12.1 Å². The largest absolute Gasteiger partial charge is 0.497 e. The number of urea groups is 1. The van der Waals surface area contributed by atoms with Gasteiger partial charge in [-0.1, -0.05) is 23.7 Å². The van der Waals surface area contributed by atoms with Gasteiger partial charge in [-0.2, -0.15) is 0 Å². The third-order valence-electron chi connectivity index (χ3n) is 5.10. The lowest BCUT2D eigenvalue weighted by Gasteiger charge is -2.29. The van der Waals surface area contributed by atoms with Gasteiger partial charge in [-0.3, -0.25) is 4.79 Å². The molecule has 0 saturated carbocycles. The van der Waals surface area contributed by atoms with Crippen molar-refractivity contribution in [3.63, 3.8) is 0 Å². The Labute approximate surface area is 196 Å². The molecule has 4 rings (SSSR count). The van der Waals surface area contributed by atoms with E-state index in [-0.39, 0.29) is 11.9 Å². The first-order chi connectivity index (χ1) is 15.9. The van der Waals surface area contributed by atoms with E-state index in [4.69, 9.17) is 21.1 Å². The number of ether oxygens (including phenoxy) is 2. The normalized spacial score (nSPS) is 15.4. The predicted octanol–water partition coefficient (Wildman–Crippen LogP) is 5.41. The first-order valence-electron chi connectivity index (χ1n) is 10.2. The molecule has 0 aromatic heterocycles. The number of halogens is 1. The monoisotopic (exact) mass is 463 g/mol. The Hall–Kier alpha value is -3.97. The van der Waals surface area contributed by atoms with Crippen molar-refractivity contribution < 1.29 is 19.1 Å². The molecule has 33 heavy (non-hydrogen) atoms. The highest BCUT2D eigenvalue weighted by molar-refractivity contribution is 6.30. The number of amides is 3. The van der Waals surface area contributed by atoms with Crippen molar-refractivity contribution in [3.05, 3.63) is 94.7 Å². The second-order valence-electron chi connectivity index (χ2n) is 7.38. The molecule has 1 aliphatic heterocycles. The number of hydrogen-bond donors (Lipinski definition) is 3. The first kappa shape index (κ1) is 22.2. The highest BCUT2D eigenvalue weighted by Crippen LogP contribution is 2.31. The third kappa shape index (κ3) is 5.27. The van der Waals surface area contributed by atoms with E-state index < -0.39 is 6.04 Å². The number of nitrogens with one attached hydrogen (secondary N) is 3. The van der Waals surface area contributed by atoms with Gasteiger partial charge in [-0.25, -0.2) is 4.79 Å². The summed E-state index contributed by atoms with van der Waals surface area (Å²) in [4.78, 5) is 25.4. The molecule has 3 N–H and O–H groups in total. The van der Waals surface area contributed by atoms with Crippen LogP contribution in [0.5, 0.6) is 17.2 Å². The molecule has 1 heterocycles. The number of carbonyl (C=O) groups excluding carboxylic acids is 2. The Balaban J connectivity index is 1.60. The second kappa shape index (κ2) is 9.67. The summed E-state index contributed by atoms with van der Waals surface area (Å²) >= 11 is 5.94. The summed E-state index contributed by atoms with van der Waals surface area (Å²) in [7, 11) is 1.58. The maximum Gasteiger partial charge on any atom is 0.319 e. The van der Waals surface area contributed by atoms with Gasteiger partial charge in [-0.15, -0.1) is 0 Å². The molecule has 0 unspecified atom stereocenters. The van der Waals surface area contributed by atoms with Crippen LogP contribution in [0.4, 0.5) is 10.5 Å². The second-order valence-corrected chi connectivity index (χ2v) is 7.82. The van der Waals surface area contributed by atoms with Gasteiger partial charge < -0.3 is 25.4 Å². The number of benzene rings is 3. The minimum absolute atomic E-state index is 0.334. The number of hydrogen-bond acceptors (Lipinski definition) is 4. The van der Waals surface area contributed by atoms with Crippen molar-refractivity contribution in [3.8, 4) is 17.2 Å². The van der Waals surface area contributed by atoms with Crippen LogP contribution in [0, 0.1) is 0 Å². The topological polar surface area (TPSA) is 88.7 Å². The molecule has 8 heteroatoms. The number of anilines is 1. The molecule has 168 valence electrons. The molecular formula is C25H22ClN3O4. The smallest absolute Gasteiger partial charge is 0.319 e. The zero-order valence-electron chi connectivity index (χ0n) is 18.0. The van der Waals surface area contributed by atoms with Crippen LogP contribution < -0.4 is 25.4 Å². The Bertz CT molecular complexity index is 1210. The van der Waals surface area contributed by atoms with Gasteiger partial charge >= 0.3 is 6.03 Å². The van der Waals surface area contributed by atoms with Crippen LogP contribution in [0.25, 0.3) is 0 Å². The van der Waals surface area contributed by atoms with Crippen molar-refractivity contribution in [2.45, 2.75) is 13.0 Å². The van der Waals surface area contributed by atoms with Crippen molar-refractivity contribution in [2.24, 2.45) is 0 Å². The maximum absolute atomic E-state index is 13.2. The average molecular weight is 464 g/mol. The van der Waals surface area contributed by atoms with E-state index in [1.54, 1.807) is 74.7 Å². The SMILES string of the molecule is COc1ccc(NC(=O)C2=C(C)NC(=O)N[C@@H]2c2cccc(Oc3ccc(Cl)cc3)c2)cc1. The Morgan fingerprint density at radius 3 is 2.36 bits per heavy atom. The van der Waals surface area contributed by atoms with E-state index in [2.05, 4.69) is 16.0 Å². The van der Waals surface area contributed by atoms with Gasteiger partial charge in [0.1, 0.15) is 17.2 Å². The molecule has 1 aliphatic rings. The quantitative estimate of drug-likeness (QED) is 0.456. The summed E-state index contributed by atoms with van der Waals surface area (Å²) in [5, 5.41) is 9.01. The Morgan fingerprint density at radius 1 is 0.970 bits per heavy atom. The van der Waals surface area contributed by atoms with Crippen LogP contribution in [0.3, 0.4) is 0 Å². The fourth-order valence-corrected chi connectivity index (χ4v) is 3.64. The Morgan fingerprint density at radius 2 is 1.67 bits per heavy atom. The van der Waals surface area contributed by atoms with Crippen molar-refractivity contribution >= 4 is 29.2 Å². The summed E-state index contributed by atoms with van der Waals surface area (Å²) in [5.41, 5.74) is 2.18. The lowest BCUT2D eigenvalue weighted by molar-refractivity contribution is -0.113. The lowest BCUT2D eigenvalue weighted by atomic mass is 9.94. The minimum atomic E-state index is -0.661. The number of rotatable bonds is 6. The van der Waals surface area contributed by atoms with Gasteiger partial charge in [-0.05, 0) is 73.2 Å².